The molecule has 0 spiro atoms. The van der Waals surface area contributed by atoms with E-state index in [1.807, 2.05) is 0 Å². The number of aliphatic hydroxyl groups is 1. The van der Waals surface area contributed by atoms with Crippen molar-refractivity contribution >= 4 is 0 Å². The van der Waals surface area contributed by atoms with E-state index in [0.717, 1.165) is 13.7 Å². The van der Waals surface area contributed by atoms with Gasteiger partial charge in [-0.25, -0.2) is 28.1 Å². The van der Waals surface area contributed by atoms with Crippen LogP contribution in [-0.2, 0) is 19.6 Å². The first-order chi connectivity index (χ1) is 8.58. The third kappa shape index (κ3) is 2.45. The van der Waals surface area contributed by atoms with E-state index in [2.05, 4.69) is 5.18 Å². The highest BCUT2D eigenvalue weighted by molar-refractivity contribution is 4.79. The van der Waals surface area contributed by atoms with Crippen LogP contribution in [0.4, 0.5) is 0 Å². The maximum absolute atomic E-state index is 11.8. The molecule has 0 radical (unpaired) electrons. The molecule has 0 amide bonds. The number of nitroso groups, excluding NO2 is 1. The molecule has 18 heavy (non-hydrogen) atoms. The highest BCUT2D eigenvalue weighted by atomic mass is 16.3. The number of nitrogens with zero attached hydrogens (tertiary/aromatic N) is 4. The van der Waals surface area contributed by atoms with Gasteiger partial charge in [-0.1, -0.05) is 5.18 Å². The van der Waals surface area contributed by atoms with E-state index in [9.17, 15) is 19.3 Å². The van der Waals surface area contributed by atoms with Crippen molar-refractivity contribution in [2.75, 3.05) is 13.2 Å². The van der Waals surface area contributed by atoms with Crippen LogP contribution in [0.1, 0.15) is 6.92 Å². The van der Waals surface area contributed by atoms with Gasteiger partial charge in [-0.3, -0.25) is 0 Å². The highest BCUT2D eigenvalue weighted by Crippen LogP contribution is 1.78. The van der Waals surface area contributed by atoms with Gasteiger partial charge in [0.2, 0.25) is 0 Å². The summed E-state index contributed by atoms with van der Waals surface area (Å²) in [4.78, 5) is 45.5. The Labute approximate surface area is 101 Å². The van der Waals surface area contributed by atoms with Gasteiger partial charge < -0.3 is 5.11 Å². The van der Waals surface area contributed by atoms with Crippen molar-refractivity contribution in [3.63, 3.8) is 0 Å². The van der Waals surface area contributed by atoms with Crippen molar-refractivity contribution in [2.45, 2.75) is 26.6 Å². The van der Waals surface area contributed by atoms with Crippen molar-refractivity contribution in [1.82, 2.24) is 13.7 Å². The first-order valence-electron chi connectivity index (χ1n) is 5.42. The lowest BCUT2D eigenvalue weighted by molar-refractivity contribution is 0.264. The van der Waals surface area contributed by atoms with E-state index in [0.29, 0.717) is 0 Å². The Morgan fingerprint density at radius 3 is 1.94 bits per heavy atom. The van der Waals surface area contributed by atoms with E-state index in [1.54, 1.807) is 6.92 Å². The zero-order valence-corrected chi connectivity index (χ0v) is 9.90. The molecule has 0 atom stereocenters. The van der Waals surface area contributed by atoms with Crippen molar-refractivity contribution in [3.8, 4) is 0 Å². The molecule has 0 saturated carbocycles. The summed E-state index contributed by atoms with van der Waals surface area (Å²) in [6.07, 6.45) is 0. The van der Waals surface area contributed by atoms with Crippen LogP contribution >= 0.6 is 0 Å². The minimum absolute atomic E-state index is 0.0951. The van der Waals surface area contributed by atoms with Crippen LogP contribution in [-0.4, -0.2) is 32.0 Å². The largest absolute Gasteiger partial charge is 0.395 e. The summed E-state index contributed by atoms with van der Waals surface area (Å²) in [5.41, 5.74) is -2.38. The molecular formula is C9H14N4O5. The summed E-state index contributed by atoms with van der Waals surface area (Å²) in [5, 5.41) is 11.4. The summed E-state index contributed by atoms with van der Waals surface area (Å²) in [6, 6.07) is 0. The van der Waals surface area contributed by atoms with Gasteiger partial charge in [-0.2, -0.15) is 4.91 Å². The first-order valence-corrected chi connectivity index (χ1v) is 5.42. The maximum Gasteiger partial charge on any atom is 0.336 e. The minimum atomic E-state index is -0.840. The van der Waals surface area contributed by atoms with E-state index in [-0.39, 0.29) is 26.2 Å². The van der Waals surface area contributed by atoms with Crippen LogP contribution in [0, 0.1) is 4.91 Å². The SMILES string of the molecule is CCn1c(=O)n(CCO)c(=O)n(CCN=O)c1=O. The molecule has 1 rings (SSSR count). The molecule has 9 nitrogen and oxygen atoms in total. The van der Waals surface area contributed by atoms with E-state index in [4.69, 9.17) is 5.11 Å². The van der Waals surface area contributed by atoms with E-state index >= 15 is 0 Å². The predicted molar refractivity (Wildman–Crippen MR) is 62.6 cm³/mol. The molecule has 1 N–H and O–H groups in total. The van der Waals surface area contributed by atoms with E-state index in [1.165, 1.54) is 0 Å². The molecule has 100 valence electrons. The Hall–Kier alpha value is -2.03. The monoisotopic (exact) mass is 258 g/mol. The van der Waals surface area contributed by atoms with Crippen LogP contribution in [0.3, 0.4) is 0 Å². The maximum atomic E-state index is 11.8. The zero-order chi connectivity index (χ0) is 13.7. The minimum Gasteiger partial charge on any atom is -0.395 e. The van der Waals surface area contributed by atoms with E-state index < -0.39 is 23.7 Å². The second-order valence-electron chi connectivity index (χ2n) is 3.47. The first kappa shape index (κ1) is 14.0. The Bertz CT molecular complexity index is 596. The Kier molecular flexibility index (Phi) is 4.72. The van der Waals surface area contributed by atoms with Gasteiger partial charge >= 0.3 is 17.1 Å². The number of aliphatic hydroxyl groups excluding tert-OH is 1. The molecule has 0 bridgehead atoms. The van der Waals surface area contributed by atoms with Gasteiger partial charge in [0, 0.05) is 6.54 Å². The molecule has 1 aromatic rings. The van der Waals surface area contributed by atoms with Crippen molar-refractivity contribution in [1.29, 1.82) is 0 Å². The van der Waals surface area contributed by atoms with Gasteiger partial charge in [0.05, 0.1) is 26.2 Å². The molecule has 0 aliphatic heterocycles. The summed E-state index contributed by atoms with van der Waals surface area (Å²) in [7, 11) is 0. The van der Waals surface area contributed by atoms with Crippen LogP contribution in [0.2, 0.25) is 0 Å². The van der Waals surface area contributed by atoms with Crippen molar-refractivity contribution < 1.29 is 5.11 Å². The molecule has 1 heterocycles. The molecule has 1 aromatic heterocycles. The second-order valence-corrected chi connectivity index (χ2v) is 3.47. The van der Waals surface area contributed by atoms with Crippen LogP contribution in [0.25, 0.3) is 0 Å². The molecular weight excluding hydrogens is 244 g/mol. The van der Waals surface area contributed by atoms with Crippen molar-refractivity contribution in [2.24, 2.45) is 5.18 Å². The summed E-state index contributed by atoms with van der Waals surface area (Å²) < 4.78 is 2.39. The van der Waals surface area contributed by atoms with Crippen molar-refractivity contribution in [3.05, 3.63) is 36.4 Å². The van der Waals surface area contributed by atoms with Gasteiger partial charge in [0.15, 0.2) is 0 Å². The molecule has 0 aliphatic rings. The lowest BCUT2D eigenvalue weighted by Gasteiger charge is -2.10. The number of hydrogen-bond donors (Lipinski definition) is 1. The normalized spacial score (nSPS) is 10.6. The van der Waals surface area contributed by atoms with Crippen LogP contribution < -0.4 is 17.1 Å². The average Bonchev–Trinajstić information content (AvgIpc) is 2.35. The van der Waals surface area contributed by atoms with Gasteiger partial charge in [0.25, 0.3) is 0 Å². The molecule has 0 fully saturated rings. The molecule has 0 aliphatic carbocycles. The topological polar surface area (TPSA) is 116 Å². The lowest BCUT2D eigenvalue weighted by atomic mass is 10.6. The molecule has 9 heteroatoms. The Morgan fingerprint density at radius 1 is 1.00 bits per heavy atom. The third-order valence-corrected chi connectivity index (χ3v) is 2.44. The molecule has 0 saturated heterocycles. The Morgan fingerprint density at radius 2 is 1.50 bits per heavy atom. The van der Waals surface area contributed by atoms with Gasteiger partial charge in [-0.05, 0) is 6.92 Å². The van der Waals surface area contributed by atoms with Gasteiger partial charge in [-0.15, -0.1) is 0 Å². The molecule has 0 unspecified atom stereocenters. The second kappa shape index (κ2) is 6.05. The fraction of sp³-hybridized carbons (Fsp3) is 0.667. The predicted octanol–water partition coefficient (Wildman–Crippen LogP) is -2.05. The number of hydrogen-bond acceptors (Lipinski definition) is 6. The van der Waals surface area contributed by atoms with Crippen LogP contribution in [0.15, 0.2) is 19.6 Å². The quantitative estimate of drug-likeness (QED) is 0.589. The number of aromatic nitrogens is 3. The smallest absolute Gasteiger partial charge is 0.336 e. The Balaban J connectivity index is 3.56. The summed E-state index contributed by atoms with van der Waals surface area (Å²) in [6.45, 7) is 0.648. The average molecular weight is 258 g/mol. The van der Waals surface area contributed by atoms with Gasteiger partial charge in [0.1, 0.15) is 0 Å². The fourth-order valence-electron chi connectivity index (χ4n) is 1.58. The summed E-state index contributed by atoms with van der Waals surface area (Å²) in [5.74, 6) is 0. The fourth-order valence-corrected chi connectivity index (χ4v) is 1.58. The lowest BCUT2D eigenvalue weighted by Crippen LogP contribution is -2.54. The number of rotatable bonds is 6. The highest BCUT2D eigenvalue weighted by Gasteiger charge is 2.13. The third-order valence-electron chi connectivity index (χ3n) is 2.44. The standard InChI is InChI=1S/C9H14N4O5/c1-2-11-7(15)12(4-3-10-18)9(17)13(5-6-14)8(11)16/h14H,2-6H2,1H3. The summed E-state index contributed by atoms with van der Waals surface area (Å²) >= 11 is 0. The molecule has 0 aromatic carbocycles. The zero-order valence-electron chi connectivity index (χ0n) is 9.90. The van der Waals surface area contributed by atoms with Crippen LogP contribution in [0.5, 0.6) is 0 Å².